The molecule has 1 atom stereocenters. The maximum atomic E-state index is 11.0. The first-order valence-electron chi connectivity index (χ1n) is 5.31. The first-order valence-corrected chi connectivity index (χ1v) is 6.07. The van der Waals surface area contributed by atoms with Crippen molar-refractivity contribution in [2.45, 2.75) is 12.6 Å². The van der Waals surface area contributed by atoms with Crippen molar-refractivity contribution in [2.24, 2.45) is 5.73 Å². The second kappa shape index (κ2) is 5.90. The highest BCUT2D eigenvalue weighted by atomic mass is 35.5. The summed E-state index contributed by atoms with van der Waals surface area (Å²) in [5.41, 5.74) is 5.64. The van der Waals surface area contributed by atoms with Crippen molar-refractivity contribution in [3.8, 4) is 0 Å². The van der Waals surface area contributed by atoms with Crippen LogP contribution in [0.25, 0.3) is 0 Å². The molecular formula is C11H10Cl2N4O2. The third-order valence-electron chi connectivity index (χ3n) is 2.36. The fourth-order valence-corrected chi connectivity index (χ4v) is 2.12. The molecule has 0 saturated carbocycles. The normalized spacial score (nSPS) is 12.1. The lowest BCUT2D eigenvalue weighted by molar-refractivity contribution is 0.0905. The van der Waals surface area contributed by atoms with Gasteiger partial charge in [0.15, 0.2) is 6.10 Å². The minimum atomic E-state index is -0.900. The molecule has 6 nitrogen and oxygen atoms in total. The quantitative estimate of drug-likeness (QED) is 0.940. The number of ether oxygens (including phenoxy) is 1. The van der Waals surface area contributed by atoms with Crippen LogP contribution in [0.4, 0.5) is 4.79 Å². The molecule has 0 saturated heterocycles. The number of carbonyl (C=O) groups is 1. The van der Waals surface area contributed by atoms with Gasteiger partial charge in [0.1, 0.15) is 6.54 Å². The van der Waals surface area contributed by atoms with E-state index in [-0.39, 0.29) is 6.54 Å². The Bertz CT molecular complexity index is 574. The molecule has 0 fully saturated rings. The second-order valence-corrected chi connectivity index (χ2v) is 4.52. The summed E-state index contributed by atoms with van der Waals surface area (Å²) < 4.78 is 5.04. The van der Waals surface area contributed by atoms with E-state index in [1.165, 1.54) is 17.2 Å². The number of hydrogen-bond donors (Lipinski definition) is 1. The number of amides is 1. The fraction of sp³-hybridized carbons (Fsp3) is 0.182. The Labute approximate surface area is 119 Å². The molecule has 0 aliphatic carbocycles. The summed E-state index contributed by atoms with van der Waals surface area (Å²) in [6.45, 7) is 0.206. The van der Waals surface area contributed by atoms with Crippen LogP contribution in [0.2, 0.25) is 10.0 Å². The van der Waals surface area contributed by atoms with Crippen LogP contribution < -0.4 is 5.73 Å². The Hall–Kier alpha value is -1.79. The maximum absolute atomic E-state index is 11.0. The second-order valence-electron chi connectivity index (χ2n) is 3.68. The molecule has 0 aliphatic heterocycles. The van der Waals surface area contributed by atoms with Crippen LogP contribution in [0.15, 0.2) is 30.6 Å². The molecule has 0 spiro atoms. The van der Waals surface area contributed by atoms with Gasteiger partial charge in [-0.05, 0) is 12.1 Å². The Kier molecular flexibility index (Phi) is 4.24. The summed E-state index contributed by atoms with van der Waals surface area (Å²) in [7, 11) is 0. The Morgan fingerprint density at radius 3 is 2.63 bits per heavy atom. The minimum absolute atomic E-state index is 0.206. The molecule has 0 radical (unpaired) electrons. The third kappa shape index (κ3) is 3.59. The maximum Gasteiger partial charge on any atom is 0.405 e. The van der Waals surface area contributed by atoms with Crippen molar-refractivity contribution in [1.29, 1.82) is 0 Å². The van der Waals surface area contributed by atoms with Gasteiger partial charge in [-0.15, -0.1) is 0 Å². The molecule has 2 aromatic rings. The molecule has 2 N–H and O–H groups in total. The van der Waals surface area contributed by atoms with Gasteiger partial charge in [0, 0.05) is 15.6 Å². The summed E-state index contributed by atoms with van der Waals surface area (Å²) in [5.74, 6) is 0. The van der Waals surface area contributed by atoms with E-state index in [1.54, 1.807) is 18.2 Å². The monoisotopic (exact) mass is 300 g/mol. The summed E-state index contributed by atoms with van der Waals surface area (Å²) in [5, 5.41) is 8.75. The Morgan fingerprint density at radius 1 is 1.37 bits per heavy atom. The van der Waals surface area contributed by atoms with Crippen LogP contribution >= 0.6 is 23.2 Å². The molecule has 0 aliphatic rings. The molecular weight excluding hydrogens is 291 g/mol. The van der Waals surface area contributed by atoms with Crippen LogP contribution in [-0.4, -0.2) is 21.1 Å². The van der Waals surface area contributed by atoms with Gasteiger partial charge in [0.2, 0.25) is 0 Å². The number of benzene rings is 1. The van der Waals surface area contributed by atoms with E-state index in [2.05, 4.69) is 10.2 Å². The van der Waals surface area contributed by atoms with E-state index >= 15 is 0 Å². The SMILES string of the molecule is NC(=O)O[C@H](Cn1nccn1)c1ccc(Cl)cc1Cl. The van der Waals surface area contributed by atoms with Crippen LogP contribution in [0, 0.1) is 0 Å². The van der Waals surface area contributed by atoms with Gasteiger partial charge in [-0.25, -0.2) is 4.79 Å². The van der Waals surface area contributed by atoms with Gasteiger partial charge in [-0.3, -0.25) is 0 Å². The van der Waals surface area contributed by atoms with Crippen molar-refractivity contribution >= 4 is 29.3 Å². The average Bonchev–Trinajstić information content (AvgIpc) is 2.80. The van der Waals surface area contributed by atoms with Gasteiger partial charge >= 0.3 is 6.09 Å². The topological polar surface area (TPSA) is 83.0 Å². The number of nitrogens with two attached hydrogens (primary N) is 1. The first kappa shape index (κ1) is 13.6. The predicted octanol–water partition coefficient (Wildman–Crippen LogP) is 2.42. The molecule has 0 unspecified atom stereocenters. The Balaban J connectivity index is 2.28. The fourth-order valence-electron chi connectivity index (χ4n) is 1.59. The number of primary amides is 1. The first-order chi connectivity index (χ1) is 9.06. The predicted molar refractivity (Wildman–Crippen MR) is 69.9 cm³/mol. The van der Waals surface area contributed by atoms with Gasteiger partial charge in [-0.2, -0.15) is 15.0 Å². The van der Waals surface area contributed by atoms with Gasteiger partial charge in [-0.1, -0.05) is 29.3 Å². The minimum Gasteiger partial charge on any atom is -0.439 e. The van der Waals surface area contributed by atoms with E-state index in [0.29, 0.717) is 15.6 Å². The zero-order valence-corrected chi connectivity index (χ0v) is 11.2. The largest absolute Gasteiger partial charge is 0.439 e. The number of rotatable bonds is 4. The average molecular weight is 301 g/mol. The highest BCUT2D eigenvalue weighted by Gasteiger charge is 2.20. The number of carbonyl (C=O) groups excluding carboxylic acids is 1. The van der Waals surface area contributed by atoms with E-state index in [4.69, 9.17) is 33.7 Å². The van der Waals surface area contributed by atoms with E-state index < -0.39 is 12.2 Å². The van der Waals surface area contributed by atoms with Crippen molar-refractivity contribution in [3.05, 3.63) is 46.2 Å². The van der Waals surface area contributed by atoms with Gasteiger partial charge < -0.3 is 10.5 Å². The Morgan fingerprint density at radius 2 is 2.05 bits per heavy atom. The summed E-state index contributed by atoms with van der Waals surface area (Å²) in [6.07, 6.45) is 1.45. The number of halogens is 2. The van der Waals surface area contributed by atoms with Crippen molar-refractivity contribution < 1.29 is 9.53 Å². The number of nitrogens with zero attached hydrogens (tertiary/aromatic N) is 3. The lowest BCUT2D eigenvalue weighted by Gasteiger charge is -2.17. The van der Waals surface area contributed by atoms with Crippen molar-refractivity contribution in [2.75, 3.05) is 0 Å². The molecule has 100 valence electrons. The van der Waals surface area contributed by atoms with Crippen LogP contribution in [0.3, 0.4) is 0 Å². The van der Waals surface area contributed by atoms with Crippen LogP contribution in [0.5, 0.6) is 0 Å². The van der Waals surface area contributed by atoms with Crippen molar-refractivity contribution in [1.82, 2.24) is 15.0 Å². The molecule has 1 aromatic carbocycles. The third-order valence-corrected chi connectivity index (χ3v) is 2.93. The van der Waals surface area contributed by atoms with E-state index in [9.17, 15) is 4.79 Å². The van der Waals surface area contributed by atoms with Crippen LogP contribution in [0.1, 0.15) is 11.7 Å². The summed E-state index contributed by atoms with van der Waals surface area (Å²) >= 11 is 11.9. The smallest absolute Gasteiger partial charge is 0.405 e. The molecule has 1 aromatic heterocycles. The summed E-state index contributed by atoms with van der Waals surface area (Å²) in [6, 6.07) is 4.88. The lowest BCUT2D eigenvalue weighted by atomic mass is 10.1. The highest BCUT2D eigenvalue weighted by molar-refractivity contribution is 6.35. The zero-order valence-electron chi connectivity index (χ0n) is 9.66. The van der Waals surface area contributed by atoms with Gasteiger partial charge in [0.05, 0.1) is 12.4 Å². The highest BCUT2D eigenvalue weighted by Crippen LogP contribution is 2.29. The lowest BCUT2D eigenvalue weighted by Crippen LogP contribution is -2.22. The molecule has 19 heavy (non-hydrogen) atoms. The van der Waals surface area contributed by atoms with E-state index in [1.807, 2.05) is 0 Å². The van der Waals surface area contributed by atoms with Crippen molar-refractivity contribution in [3.63, 3.8) is 0 Å². The molecule has 0 bridgehead atoms. The van der Waals surface area contributed by atoms with Gasteiger partial charge in [0.25, 0.3) is 0 Å². The van der Waals surface area contributed by atoms with Crippen LogP contribution in [-0.2, 0) is 11.3 Å². The standard InChI is InChI=1S/C11H10Cl2N4O2/c12-7-1-2-8(9(13)5-7)10(19-11(14)18)6-17-15-3-4-16-17/h1-5,10H,6H2,(H2,14,18)/t10-/m1/s1. The number of hydrogen-bond acceptors (Lipinski definition) is 4. The summed E-state index contributed by atoms with van der Waals surface area (Å²) in [4.78, 5) is 12.3. The number of aromatic nitrogens is 3. The molecule has 1 heterocycles. The molecule has 8 heteroatoms. The zero-order chi connectivity index (χ0) is 13.8. The molecule has 2 rings (SSSR count). The van der Waals surface area contributed by atoms with E-state index in [0.717, 1.165) is 0 Å². The molecule has 1 amide bonds.